The number of rotatable bonds is 8. The van der Waals surface area contributed by atoms with Gasteiger partial charge in [0.2, 0.25) is 0 Å². The van der Waals surface area contributed by atoms with Crippen molar-refractivity contribution in [3.8, 4) is 11.8 Å². The second-order valence-corrected chi connectivity index (χ2v) is 10.5. The lowest BCUT2D eigenvalue weighted by molar-refractivity contribution is 0.0526. The number of carbonyl (C=O) groups excluding carboxylic acids is 1. The van der Waals surface area contributed by atoms with Gasteiger partial charge in [-0.25, -0.2) is 4.79 Å². The molecule has 1 aliphatic rings. The molecule has 0 heterocycles. The molecule has 0 atom stereocenters. The summed E-state index contributed by atoms with van der Waals surface area (Å²) in [5, 5.41) is 0. The first kappa shape index (κ1) is 23.6. The number of thioether (sulfide) groups is 2. The minimum absolute atomic E-state index is 0.116. The maximum Gasteiger partial charge on any atom is 0.338 e. The van der Waals surface area contributed by atoms with Crippen molar-refractivity contribution in [2.75, 3.05) is 18.1 Å². The third kappa shape index (κ3) is 5.99. The van der Waals surface area contributed by atoms with Gasteiger partial charge < -0.3 is 4.74 Å². The molecule has 0 N–H and O–H groups in total. The van der Waals surface area contributed by atoms with Crippen LogP contribution in [0.2, 0.25) is 0 Å². The minimum atomic E-state index is -0.297. The first-order valence-corrected chi connectivity index (χ1v) is 13.0. The molecule has 0 saturated carbocycles. The molecule has 2 aromatic carbocycles. The molecule has 4 heteroatoms. The molecule has 31 heavy (non-hydrogen) atoms. The predicted octanol–water partition coefficient (Wildman–Crippen LogP) is 7.12. The van der Waals surface area contributed by atoms with Crippen LogP contribution in [-0.2, 0) is 8.82 Å². The Bertz CT molecular complexity index is 973. The molecule has 0 unspecified atom stereocenters. The number of benzene rings is 2. The molecule has 3 rings (SSSR count). The van der Waals surface area contributed by atoms with Gasteiger partial charge in [-0.2, -0.15) is 0 Å². The third-order valence-electron chi connectivity index (χ3n) is 4.97. The van der Waals surface area contributed by atoms with Gasteiger partial charge in [-0.3, -0.25) is 0 Å². The summed E-state index contributed by atoms with van der Waals surface area (Å²) in [5.74, 6) is 8.55. The zero-order valence-electron chi connectivity index (χ0n) is 18.6. The summed E-state index contributed by atoms with van der Waals surface area (Å²) in [7, 11) is 0. The number of esters is 1. The van der Waals surface area contributed by atoms with E-state index in [1.807, 2.05) is 12.1 Å². The Balaban J connectivity index is 1.82. The Kier molecular flexibility index (Phi) is 8.75. The predicted molar refractivity (Wildman–Crippen MR) is 136 cm³/mol. The first-order valence-electron chi connectivity index (χ1n) is 11.0. The van der Waals surface area contributed by atoms with Crippen LogP contribution in [0.25, 0.3) is 6.08 Å². The van der Waals surface area contributed by atoms with Crippen LogP contribution in [0, 0.1) is 11.8 Å². The Hall–Kier alpha value is -2.09. The molecule has 2 nitrogen and oxygen atoms in total. The summed E-state index contributed by atoms with van der Waals surface area (Å²) < 4.78 is 5.15. The summed E-state index contributed by atoms with van der Waals surface area (Å²) in [5.41, 5.74) is 5.15. The van der Waals surface area contributed by atoms with E-state index in [0.717, 1.165) is 17.5 Å². The van der Waals surface area contributed by atoms with E-state index in [-0.39, 0.29) is 10.0 Å². The standard InChI is InChI=1S/C27H30O2S2/c1-4-18-30-27(31-19-5-2)17-7-8-24-20-22(13-16-25(24)27)10-9-21-11-14-23(15-12-21)26(28)29-6-3/h7-8,11-16,20H,4-6,17-19H2,1-3H3. The molecule has 0 fully saturated rings. The lowest BCUT2D eigenvalue weighted by atomic mass is 9.94. The van der Waals surface area contributed by atoms with Crippen LogP contribution in [0.4, 0.5) is 0 Å². The van der Waals surface area contributed by atoms with Crippen LogP contribution in [0.3, 0.4) is 0 Å². The fourth-order valence-electron chi connectivity index (χ4n) is 3.47. The smallest absolute Gasteiger partial charge is 0.338 e. The highest BCUT2D eigenvalue weighted by molar-refractivity contribution is 8.17. The lowest BCUT2D eigenvalue weighted by Gasteiger charge is -2.36. The van der Waals surface area contributed by atoms with Crippen molar-refractivity contribution < 1.29 is 9.53 Å². The van der Waals surface area contributed by atoms with Crippen molar-refractivity contribution in [1.82, 2.24) is 0 Å². The molecule has 2 aromatic rings. The van der Waals surface area contributed by atoms with Gasteiger partial charge in [-0.15, -0.1) is 23.5 Å². The Morgan fingerprint density at radius 3 is 2.26 bits per heavy atom. The van der Waals surface area contributed by atoms with Gasteiger partial charge in [-0.1, -0.05) is 43.9 Å². The van der Waals surface area contributed by atoms with Crippen molar-refractivity contribution in [2.45, 2.75) is 44.1 Å². The zero-order chi connectivity index (χ0) is 22.1. The molecule has 0 bridgehead atoms. The van der Waals surface area contributed by atoms with E-state index < -0.39 is 0 Å². The summed E-state index contributed by atoms with van der Waals surface area (Å²) >= 11 is 4.18. The second kappa shape index (κ2) is 11.5. The van der Waals surface area contributed by atoms with Gasteiger partial charge in [0, 0.05) is 11.1 Å². The molecule has 0 saturated heterocycles. The van der Waals surface area contributed by atoms with Crippen LogP contribution in [-0.4, -0.2) is 24.1 Å². The maximum absolute atomic E-state index is 11.8. The molecule has 0 aromatic heterocycles. The summed E-state index contributed by atoms with van der Waals surface area (Å²) in [4.78, 5) is 11.8. The van der Waals surface area contributed by atoms with Crippen LogP contribution in [0.5, 0.6) is 0 Å². The van der Waals surface area contributed by atoms with Gasteiger partial charge in [-0.05, 0) is 85.2 Å². The fourth-order valence-corrected chi connectivity index (χ4v) is 6.49. The van der Waals surface area contributed by atoms with Gasteiger partial charge in [0.15, 0.2) is 0 Å². The molecular weight excluding hydrogens is 420 g/mol. The fraction of sp³-hybridized carbons (Fsp3) is 0.370. The van der Waals surface area contributed by atoms with E-state index >= 15 is 0 Å². The third-order valence-corrected chi connectivity index (χ3v) is 8.61. The molecule has 1 aliphatic carbocycles. The molecule has 0 spiro atoms. The minimum Gasteiger partial charge on any atom is -0.462 e. The number of carbonyl (C=O) groups is 1. The highest BCUT2D eigenvalue weighted by atomic mass is 32.2. The topological polar surface area (TPSA) is 26.3 Å². The first-order chi connectivity index (χ1) is 15.1. The van der Waals surface area contributed by atoms with Crippen molar-refractivity contribution in [2.24, 2.45) is 0 Å². The molecule has 0 radical (unpaired) electrons. The Morgan fingerprint density at radius 2 is 1.61 bits per heavy atom. The summed E-state index contributed by atoms with van der Waals surface area (Å²) in [6, 6.07) is 13.9. The van der Waals surface area contributed by atoms with Crippen molar-refractivity contribution in [1.29, 1.82) is 0 Å². The van der Waals surface area contributed by atoms with Crippen molar-refractivity contribution >= 4 is 35.6 Å². The van der Waals surface area contributed by atoms with Crippen LogP contribution < -0.4 is 0 Å². The normalized spacial score (nSPS) is 13.8. The van der Waals surface area contributed by atoms with E-state index in [1.54, 1.807) is 19.1 Å². The van der Waals surface area contributed by atoms with Gasteiger partial charge in [0.05, 0.1) is 16.2 Å². The second-order valence-electron chi connectivity index (χ2n) is 7.41. The molecular formula is C27H30O2S2. The van der Waals surface area contributed by atoms with Crippen LogP contribution in [0.1, 0.15) is 72.6 Å². The van der Waals surface area contributed by atoms with Gasteiger partial charge in [0.1, 0.15) is 0 Å². The average Bonchev–Trinajstić information content (AvgIpc) is 2.80. The van der Waals surface area contributed by atoms with Crippen LogP contribution >= 0.6 is 23.5 Å². The molecule has 162 valence electrons. The quantitative estimate of drug-likeness (QED) is 0.243. The van der Waals surface area contributed by atoms with Crippen molar-refractivity contribution in [3.63, 3.8) is 0 Å². The number of ether oxygens (including phenoxy) is 1. The zero-order valence-corrected chi connectivity index (χ0v) is 20.2. The van der Waals surface area contributed by atoms with E-state index in [1.165, 1.54) is 35.5 Å². The van der Waals surface area contributed by atoms with Gasteiger partial charge >= 0.3 is 5.97 Å². The summed E-state index contributed by atoms with van der Waals surface area (Å²) in [6.07, 6.45) is 8.02. The number of hydrogen-bond donors (Lipinski definition) is 0. The SMILES string of the molecule is CCCSC1(SCCC)CC=Cc2cc(C#Cc3ccc(C(=O)OCC)cc3)ccc21. The lowest BCUT2D eigenvalue weighted by Crippen LogP contribution is -2.22. The molecule has 0 amide bonds. The van der Waals surface area contributed by atoms with Crippen LogP contribution in [0.15, 0.2) is 48.5 Å². The van der Waals surface area contributed by atoms with E-state index in [9.17, 15) is 4.79 Å². The maximum atomic E-state index is 11.8. The average molecular weight is 451 g/mol. The highest BCUT2D eigenvalue weighted by Gasteiger charge is 2.35. The summed E-state index contributed by atoms with van der Waals surface area (Å²) in [6.45, 7) is 6.69. The van der Waals surface area contributed by atoms with E-state index in [0.29, 0.717) is 12.2 Å². The largest absolute Gasteiger partial charge is 0.462 e. The number of fused-ring (bicyclic) bond motifs is 1. The van der Waals surface area contributed by atoms with E-state index in [2.05, 4.69) is 79.6 Å². The monoisotopic (exact) mass is 450 g/mol. The number of hydrogen-bond acceptors (Lipinski definition) is 4. The molecule has 0 aliphatic heterocycles. The van der Waals surface area contributed by atoms with Gasteiger partial charge in [0.25, 0.3) is 0 Å². The van der Waals surface area contributed by atoms with Crippen molar-refractivity contribution in [3.05, 3.63) is 76.4 Å². The van der Waals surface area contributed by atoms with E-state index in [4.69, 9.17) is 4.74 Å². The Labute approximate surface area is 195 Å². The number of allylic oxidation sites excluding steroid dienone is 1. The highest BCUT2D eigenvalue weighted by Crippen LogP contribution is 2.53. The Morgan fingerprint density at radius 1 is 0.968 bits per heavy atom.